The molecule has 1 heterocycles. The van der Waals surface area contributed by atoms with Crippen LogP contribution in [0.15, 0.2) is 24.3 Å². The quantitative estimate of drug-likeness (QED) is 0.770. The Morgan fingerprint density at radius 3 is 2.59 bits per heavy atom. The molecule has 0 unspecified atom stereocenters. The number of hydrogen-bond acceptors (Lipinski definition) is 3. The van der Waals surface area contributed by atoms with Gasteiger partial charge in [0.05, 0.1) is 6.54 Å². The van der Waals surface area contributed by atoms with Crippen LogP contribution in [-0.2, 0) is 6.42 Å². The van der Waals surface area contributed by atoms with Crippen molar-refractivity contribution in [2.45, 2.75) is 13.3 Å². The standard InChI is InChI=1S/C13H15NO2S/c1-2-10-3-5-11(6-4-10)12(15)9-14-7-8-17-13(14)16/h3-6H,2,7-9H2,1H3. The van der Waals surface area contributed by atoms with Gasteiger partial charge in [-0.1, -0.05) is 43.0 Å². The maximum Gasteiger partial charge on any atom is 0.282 e. The number of aryl methyl sites for hydroxylation is 1. The lowest BCUT2D eigenvalue weighted by molar-refractivity contribution is 0.0956. The van der Waals surface area contributed by atoms with E-state index in [4.69, 9.17) is 0 Å². The molecule has 1 aliphatic rings. The van der Waals surface area contributed by atoms with Crippen molar-refractivity contribution < 1.29 is 9.59 Å². The average Bonchev–Trinajstić information content (AvgIpc) is 2.75. The molecule has 17 heavy (non-hydrogen) atoms. The van der Waals surface area contributed by atoms with Crippen LogP contribution in [0.25, 0.3) is 0 Å². The molecular formula is C13H15NO2S. The first kappa shape index (κ1) is 12.2. The lowest BCUT2D eigenvalue weighted by Gasteiger charge is -2.13. The molecule has 1 saturated heterocycles. The number of amides is 1. The van der Waals surface area contributed by atoms with Gasteiger partial charge in [0.1, 0.15) is 0 Å². The Bertz CT molecular complexity index is 428. The minimum absolute atomic E-state index is 0.0171. The molecule has 2 rings (SSSR count). The molecule has 0 spiro atoms. The smallest absolute Gasteiger partial charge is 0.282 e. The molecule has 1 aromatic rings. The van der Waals surface area contributed by atoms with Crippen LogP contribution in [0.4, 0.5) is 4.79 Å². The SMILES string of the molecule is CCc1ccc(C(=O)CN2CCSC2=O)cc1. The number of Topliss-reactive ketones (excluding diaryl/α,β-unsaturated/α-hetero) is 1. The summed E-state index contributed by atoms with van der Waals surface area (Å²) in [4.78, 5) is 24.9. The summed E-state index contributed by atoms with van der Waals surface area (Å²) >= 11 is 1.28. The van der Waals surface area contributed by atoms with Gasteiger partial charge < -0.3 is 4.90 Å². The first-order chi connectivity index (χ1) is 8.20. The summed E-state index contributed by atoms with van der Waals surface area (Å²) in [6.07, 6.45) is 0.968. The van der Waals surface area contributed by atoms with Crippen molar-refractivity contribution in [2.24, 2.45) is 0 Å². The molecule has 4 heteroatoms. The maximum absolute atomic E-state index is 11.9. The Labute approximate surface area is 105 Å². The monoisotopic (exact) mass is 249 g/mol. The van der Waals surface area contributed by atoms with Crippen molar-refractivity contribution in [1.29, 1.82) is 0 Å². The third-order valence-electron chi connectivity index (χ3n) is 2.86. The van der Waals surface area contributed by atoms with Crippen LogP contribution in [-0.4, -0.2) is 34.8 Å². The minimum atomic E-state index is 0.0171. The van der Waals surface area contributed by atoms with Crippen molar-refractivity contribution in [2.75, 3.05) is 18.8 Å². The molecule has 3 nitrogen and oxygen atoms in total. The Kier molecular flexibility index (Phi) is 3.84. The van der Waals surface area contributed by atoms with Crippen LogP contribution in [0.5, 0.6) is 0 Å². The van der Waals surface area contributed by atoms with E-state index in [0.29, 0.717) is 12.1 Å². The van der Waals surface area contributed by atoms with Crippen LogP contribution in [0.3, 0.4) is 0 Å². The van der Waals surface area contributed by atoms with E-state index in [-0.39, 0.29) is 17.6 Å². The first-order valence-corrected chi connectivity index (χ1v) is 6.73. The summed E-state index contributed by atoms with van der Waals surface area (Å²) in [6.45, 7) is 2.97. The van der Waals surface area contributed by atoms with E-state index in [0.717, 1.165) is 12.2 Å². The molecule has 90 valence electrons. The van der Waals surface area contributed by atoms with Gasteiger partial charge >= 0.3 is 0 Å². The number of nitrogens with zero attached hydrogens (tertiary/aromatic N) is 1. The van der Waals surface area contributed by atoms with E-state index in [1.807, 2.05) is 24.3 Å². The highest BCUT2D eigenvalue weighted by Gasteiger charge is 2.23. The number of carbonyl (C=O) groups is 2. The van der Waals surface area contributed by atoms with E-state index in [9.17, 15) is 9.59 Å². The zero-order chi connectivity index (χ0) is 12.3. The van der Waals surface area contributed by atoms with Gasteiger partial charge in [-0.2, -0.15) is 0 Å². The van der Waals surface area contributed by atoms with E-state index in [2.05, 4.69) is 6.92 Å². The summed E-state index contributed by atoms with van der Waals surface area (Å²) in [5.41, 5.74) is 1.90. The molecule has 0 saturated carbocycles. The van der Waals surface area contributed by atoms with Crippen LogP contribution in [0, 0.1) is 0 Å². The van der Waals surface area contributed by atoms with Crippen molar-refractivity contribution in [3.63, 3.8) is 0 Å². The molecule has 1 aliphatic heterocycles. The lowest BCUT2D eigenvalue weighted by Crippen LogP contribution is -2.29. The Morgan fingerprint density at radius 2 is 2.06 bits per heavy atom. The number of carbonyl (C=O) groups excluding carboxylic acids is 2. The summed E-state index contributed by atoms with van der Waals surface area (Å²) in [5.74, 6) is 0.810. The highest BCUT2D eigenvalue weighted by Crippen LogP contribution is 2.17. The zero-order valence-electron chi connectivity index (χ0n) is 9.81. The largest absolute Gasteiger partial charge is 0.325 e. The van der Waals surface area contributed by atoms with Crippen LogP contribution in [0.1, 0.15) is 22.8 Å². The van der Waals surface area contributed by atoms with E-state index in [1.165, 1.54) is 17.3 Å². The van der Waals surface area contributed by atoms with Gasteiger partial charge in [0.2, 0.25) is 0 Å². The molecule has 0 atom stereocenters. The predicted octanol–water partition coefficient (Wildman–Crippen LogP) is 2.60. The van der Waals surface area contributed by atoms with Gasteiger partial charge in [0, 0.05) is 17.9 Å². The normalized spacial score (nSPS) is 15.4. The number of ketones is 1. The van der Waals surface area contributed by atoms with Crippen molar-refractivity contribution in [3.8, 4) is 0 Å². The minimum Gasteiger partial charge on any atom is -0.325 e. The Balaban J connectivity index is 2.01. The second-order valence-corrected chi connectivity index (χ2v) is 5.06. The second kappa shape index (κ2) is 5.36. The summed E-state index contributed by atoms with van der Waals surface area (Å²) in [5, 5.41) is 0.0172. The van der Waals surface area contributed by atoms with E-state index in [1.54, 1.807) is 4.90 Å². The van der Waals surface area contributed by atoms with E-state index >= 15 is 0 Å². The molecular weight excluding hydrogens is 234 g/mol. The lowest BCUT2D eigenvalue weighted by atomic mass is 10.1. The third kappa shape index (κ3) is 2.88. The van der Waals surface area contributed by atoms with Gasteiger partial charge in [0.25, 0.3) is 5.24 Å². The third-order valence-corrected chi connectivity index (χ3v) is 3.76. The predicted molar refractivity (Wildman–Crippen MR) is 69.6 cm³/mol. The van der Waals surface area contributed by atoms with E-state index < -0.39 is 0 Å². The topological polar surface area (TPSA) is 37.4 Å². The van der Waals surface area contributed by atoms with Crippen LogP contribution in [0.2, 0.25) is 0 Å². The van der Waals surface area contributed by atoms with Gasteiger partial charge in [-0.05, 0) is 12.0 Å². The molecule has 0 radical (unpaired) electrons. The summed E-state index contributed by atoms with van der Waals surface area (Å²) in [7, 11) is 0. The molecule has 0 N–H and O–H groups in total. The first-order valence-electron chi connectivity index (χ1n) is 5.74. The van der Waals surface area contributed by atoms with Crippen LogP contribution >= 0.6 is 11.8 Å². The van der Waals surface area contributed by atoms with Crippen molar-refractivity contribution in [1.82, 2.24) is 4.90 Å². The number of rotatable bonds is 4. The van der Waals surface area contributed by atoms with Gasteiger partial charge in [-0.15, -0.1) is 0 Å². The van der Waals surface area contributed by atoms with Crippen LogP contribution < -0.4 is 0 Å². The summed E-state index contributed by atoms with van der Waals surface area (Å²) < 4.78 is 0. The Morgan fingerprint density at radius 1 is 1.35 bits per heavy atom. The number of benzene rings is 1. The Hall–Kier alpha value is -1.29. The molecule has 1 fully saturated rings. The molecule has 0 bridgehead atoms. The van der Waals surface area contributed by atoms with Crippen molar-refractivity contribution in [3.05, 3.63) is 35.4 Å². The van der Waals surface area contributed by atoms with Crippen molar-refractivity contribution >= 4 is 22.8 Å². The van der Waals surface area contributed by atoms with Gasteiger partial charge in [0.15, 0.2) is 5.78 Å². The number of hydrogen-bond donors (Lipinski definition) is 0. The van der Waals surface area contributed by atoms with Gasteiger partial charge in [-0.25, -0.2) is 0 Å². The highest BCUT2D eigenvalue weighted by molar-refractivity contribution is 8.13. The molecule has 0 aliphatic carbocycles. The summed E-state index contributed by atoms with van der Waals surface area (Å²) in [6, 6.07) is 7.62. The highest BCUT2D eigenvalue weighted by atomic mass is 32.2. The fourth-order valence-corrected chi connectivity index (χ4v) is 2.59. The van der Waals surface area contributed by atoms with Gasteiger partial charge in [-0.3, -0.25) is 9.59 Å². The average molecular weight is 249 g/mol. The fraction of sp³-hybridized carbons (Fsp3) is 0.385. The second-order valence-electron chi connectivity index (χ2n) is 4.01. The number of thioether (sulfide) groups is 1. The molecule has 1 aromatic carbocycles. The fourth-order valence-electron chi connectivity index (χ4n) is 1.76. The zero-order valence-corrected chi connectivity index (χ0v) is 10.6. The molecule has 0 aromatic heterocycles. The molecule has 1 amide bonds. The maximum atomic E-state index is 11.9.